The lowest BCUT2D eigenvalue weighted by atomic mass is 10.0. The Morgan fingerprint density at radius 3 is 3.00 bits per heavy atom. The first-order valence-corrected chi connectivity index (χ1v) is 9.54. The highest BCUT2D eigenvalue weighted by Gasteiger charge is 2.49. The smallest absolute Gasteiger partial charge is 0.315 e. The zero-order chi connectivity index (χ0) is 18.9. The van der Waals surface area contributed by atoms with Crippen LogP contribution in [0.1, 0.15) is 25.5 Å². The van der Waals surface area contributed by atoms with Gasteiger partial charge in [-0.1, -0.05) is 0 Å². The maximum absolute atomic E-state index is 12.3. The Hall–Kier alpha value is -1.90. The maximum Gasteiger partial charge on any atom is 0.315 e. The molecule has 3 saturated heterocycles. The van der Waals surface area contributed by atoms with Crippen LogP contribution in [0.25, 0.3) is 0 Å². The van der Waals surface area contributed by atoms with Gasteiger partial charge < -0.3 is 29.6 Å². The van der Waals surface area contributed by atoms with Gasteiger partial charge in [-0.3, -0.25) is 4.98 Å². The number of aromatic nitrogens is 1. The number of hydrogen-bond acceptors (Lipinski definition) is 6. The summed E-state index contributed by atoms with van der Waals surface area (Å²) in [5.74, 6) is 0.731. The molecule has 3 aliphatic rings. The molecule has 1 unspecified atom stereocenters. The Kier molecular flexibility index (Phi) is 5.21. The van der Waals surface area contributed by atoms with Gasteiger partial charge in [0.05, 0.1) is 30.6 Å². The molecule has 3 aliphatic heterocycles. The van der Waals surface area contributed by atoms with Crippen molar-refractivity contribution < 1.29 is 23.7 Å². The highest BCUT2D eigenvalue weighted by molar-refractivity contribution is 5.74. The van der Waals surface area contributed by atoms with Crippen molar-refractivity contribution in [1.29, 1.82) is 0 Å². The average Bonchev–Trinajstić information content (AvgIpc) is 3.35. The molecule has 8 nitrogen and oxygen atoms in total. The van der Waals surface area contributed by atoms with Crippen molar-refractivity contribution in [3.05, 3.63) is 24.0 Å². The van der Waals surface area contributed by atoms with Crippen LogP contribution in [-0.4, -0.2) is 67.3 Å². The lowest BCUT2D eigenvalue weighted by Crippen LogP contribution is -2.51. The molecule has 2 amide bonds. The van der Waals surface area contributed by atoms with E-state index in [2.05, 4.69) is 15.6 Å². The normalized spacial score (nSPS) is 35.0. The van der Waals surface area contributed by atoms with Crippen LogP contribution < -0.4 is 15.4 Å². The van der Waals surface area contributed by atoms with E-state index in [1.807, 2.05) is 26.0 Å². The second-order valence-electron chi connectivity index (χ2n) is 7.67. The topological polar surface area (TPSA) is 90.9 Å². The van der Waals surface area contributed by atoms with Crippen molar-refractivity contribution in [2.24, 2.45) is 0 Å². The minimum absolute atomic E-state index is 0.198. The van der Waals surface area contributed by atoms with Crippen molar-refractivity contribution >= 4 is 6.03 Å². The van der Waals surface area contributed by atoms with Crippen molar-refractivity contribution in [3.63, 3.8) is 0 Å². The molecule has 2 N–H and O–H groups in total. The molecule has 0 saturated carbocycles. The average molecular weight is 377 g/mol. The standard InChI is InChI=1S/C19H27N3O5/c1-12-14(5-3-7-20-12)27-15-10-25-16-13(9-24-17(15)16)22-18(23)21-11-19(2)6-4-8-26-19/h3,5,7,13,15-17H,4,6,8-11H2,1-2H3,(H2,21,22,23)/t13-,15-,16+,17+,19?/m0/s1. The van der Waals surface area contributed by atoms with Crippen LogP contribution in [0.15, 0.2) is 18.3 Å². The third kappa shape index (κ3) is 4.02. The van der Waals surface area contributed by atoms with Gasteiger partial charge in [-0.05, 0) is 38.8 Å². The second-order valence-corrected chi connectivity index (χ2v) is 7.67. The van der Waals surface area contributed by atoms with Crippen molar-refractivity contribution in [2.45, 2.75) is 56.6 Å². The van der Waals surface area contributed by atoms with Gasteiger partial charge in [0.25, 0.3) is 0 Å². The molecule has 1 aromatic heterocycles. The summed E-state index contributed by atoms with van der Waals surface area (Å²) in [5.41, 5.74) is 0.562. The first-order chi connectivity index (χ1) is 13.0. The van der Waals surface area contributed by atoms with Crippen LogP contribution in [0.2, 0.25) is 0 Å². The quantitative estimate of drug-likeness (QED) is 0.801. The van der Waals surface area contributed by atoms with E-state index in [9.17, 15) is 4.79 Å². The first kappa shape index (κ1) is 18.5. The first-order valence-electron chi connectivity index (χ1n) is 9.54. The maximum atomic E-state index is 12.3. The molecule has 148 valence electrons. The molecule has 1 aromatic rings. The molecule has 0 aliphatic carbocycles. The molecule has 27 heavy (non-hydrogen) atoms. The van der Waals surface area contributed by atoms with Gasteiger partial charge in [0.1, 0.15) is 18.0 Å². The van der Waals surface area contributed by atoms with Crippen molar-refractivity contribution in [3.8, 4) is 5.75 Å². The number of nitrogens with zero attached hydrogens (tertiary/aromatic N) is 1. The van der Waals surface area contributed by atoms with Crippen molar-refractivity contribution in [1.82, 2.24) is 15.6 Å². The van der Waals surface area contributed by atoms with Crippen LogP contribution in [0.4, 0.5) is 4.79 Å². The minimum Gasteiger partial charge on any atom is -0.483 e. The summed E-state index contributed by atoms with van der Waals surface area (Å²) in [6, 6.07) is 3.31. The van der Waals surface area contributed by atoms with Gasteiger partial charge in [-0.15, -0.1) is 0 Å². The van der Waals surface area contributed by atoms with Crippen LogP contribution >= 0.6 is 0 Å². The Labute approximate surface area is 158 Å². The molecule has 5 atom stereocenters. The van der Waals surface area contributed by atoms with Crippen LogP contribution in [0.3, 0.4) is 0 Å². The highest BCUT2D eigenvalue weighted by atomic mass is 16.6. The molecule has 0 bridgehead atoms. The Morgan fingerprint density at radius 1 is 1.37 bits per heavy atom. The number of rotatable bonds is 5. The number of carbonyl (C=O) groups is 1. The Morgan fingerprint density at radius 2 is 2.22 bits per heavy atom. The lowest BCUT2D eigenvalue weighted by molar-refractivity contribution is 0.0225. The summed E-state index contributed by atoms with van der Waals surface area (Å²) >= 11 is 0. The fraction of sp³-hybridized carbons (Fsp3) is 0.684. The highest BCUT2D eigenvalue weighted by Crippen LogP contribution is 2.30. The lowest BCUT2D eigenvalue weighted by Gasteiger charge is -2.24. The summed E-state index contributed by atoms with van der Waals surface area (Å²) in [7, 11) is 0. The predicted molar refractivity (Wildman–Crippen MR) is 96.8 cm³/mol. The van der Waals surface area contributed by atoms with E-state index in [1.165, 1.54) is 0 Å². The summed E-state index contributed by atoms with van der Waals surface area (Å²) in [5, 5.41) is 5.87. The second kappa shape index (κ2) is 7.61. The number of nitrogens with one attached hydrogen (secondary N) is 2. The molecule has 0 spiro atoms. The van der Waals surface area contributed by atoms with E-state index in [0.717, 1.165) is 30.9 Å². The number of aryl methyl sites for hydroxylation is 1. The summed E-state index contributed by atoms with van der Waals surface area (Å²) < 4.78 is 23.5. The fourth-order valence-corrected chi connectivity index (χ4v) is 3.91. The molecular formula is C19H27N3O5. The van der Waals surface area contributed by atoms with Gasteiger partial charge >= 0.3 is 6.03 Å². The third-order valence-corrected chi connectivity index (χ3v) is 5.48. The number of carbonyl (C=O) groups excluding carboxylic acids is 1. The predicted octanol–water partition coefficient (Wildman–Crippen LogP) is 1.17. The molecule has 8 heteroatoms. The number of urea groups is 1. The summed E-state index contributed by atoms with van der Waals surface area (Å²) in [6.07, 6.45) is 3.10. The monoisotopic (exact) mass is 377 g/mol. The molecular weight excluding hydrogens is 350 g/mol. The number of amides is 2. The fourth-order valence-electron chi connectivity index (χ4n) is 3.91. The molecule has 0 radical (unpaired) electrons. The van der Waals surface area contributed by atoms with Gasteiger partial charge in [0.2, 0.25) is 0 Å². The van der Waals surface area contributed by atoms with E-state index < -0.39 is 0 Å². The Balaban J connectivity index is 1.28. The largest absolute Gasteiger partial charge is 0.483 e. The number of hydrogen-bond donors (Lipinski definition) is 2. The molecule has 4 rings (SSSR count). The van der Waals surface area contributed by atoms with E-state index in [-0.39, 0.29) is 36.0 Å². The van der Waals surface area contributed by atoms with Crippen LogP contribution in [0, 0.1) is 6.92 Å². The van der Waals surface area contributed by atoms with E-state index in [1.54, 1.807) is 6.20 Å². The number of fused-ring (bicyclic) bond motifs is 1. The Bertz CT molecular complexity index is 679. The van der Waals surface area contributed by atoms with Gasteiger partial charge in [0, 0.05) is 19.3 Å². The van der Waals surface area contributed by atoms with E-state index in [0.29, 0.717) is 19.8 Å². The summed E-state index contributed by atoms with van der Waals surface area (Å²) in [4.78, 5) is 16.5. The van der Waals surface area contributed by atoms with Gasteiger partial charge in [-0.2, -0.15) is 0 Å². The SMILES string of the molecule is Cc1ncccc1O[C@H]1CO[C@H]2[C@@H]1OC[C@@H]2NC(=O)NCC1(C)CCCO1. The number of pyridine rings is 1. The van der Waals surface area contributed by atoms with Gasteiger partial charge in [0.15, 0.2) is 6.10 Å². The minimum atomic E-state index is -0.267. The van der Waals surface area contributed by atoms with Crippen molar-refractivity contribution in [2.75, 3.05) is 26.4 Å². The van der Waals surface area contributed by atoms with Gasteiger partial charge in [-0.25, -0.2) is 4.79 Å². The number of ether oxygens (including phenoxy) is 4. The van der Waals surface area contributed by atoms with E-state index >= 15 is 0 Å². The zero-order valence-electron chi connectivity index (χ0n) is 15.8. The van der Waals surface area contributed by atoms with Crippen LogP contribution in [-0.2, 0) is 14.2 Å². The molecule has 3 fully saturated rings. The summed E-state index contributed by atoms with van der Waals surface area (Å²) in [6.45, 7) is 6.01. The molecule has 0 aromatic carbocycles. The molecule has 4 heterocycles. The van der Waals surface area contributed by atoms with Crippen LogP contribution in [0.5, 0.6) is 5.75 Å². The zero-order valence-corrected chi connectivity index (χ0v) is 15.8. The van der Waals surface area contributed by atoms with E-state index in [4.69, 9.17) is 18.9 Å². The third-order valence-electron chi connectivity index (χ3n) is 5.48.